The Hall–Kier alpha value is -3.60. The third-order valence-electron chi connectivity index (χ3n) is 6.38. The first-order chi connectivity index (χ1) is 17.9. The molecular formula is C26H26ClFN6O3. The smallest absolute Gasteiger partial charge is 0.252 e. The number of aryl methyl sites for hydroxylation is 1. The second kappa shape index (κ2) is 10.8. The molecule has 0 radical (unpaired) electrons. The Bertz CT molecular complexity index is 1460. The molecule has 4 heterocycles. The summed E-state index contributed by atoms with van der Waals surface area (Å²) in [6.07, 6.45) is 7.97. The van der Waals surface area contributed by atoms with Crippen molar-refractivity contribution in [1.29, 1.82) is 0 Å². The fourth-order valence-electron chi connectivity index (χ4n) is 4.55. The van der Waals surface area contributed by atoms with E-state index >= 15 is 0 Å². The number of aliphatic hydroxyl groups excluding tert-OH is 1. The molecule has 3 unspecified atom stereocenters. The van der Waals surface area contributed by atoms with Gasteiger partial charge in [-0.2, -0.15) is 5.10 Å². The maximum atomic E-state index is 14.3. The van der Waals surface area contributed by atoms with Gasteiger partial charge in [-0.3, -0.25) is 9.48 Å². The van der Waals surface area contributed by atoms with Gasteiger partial charge in [-0.1, -0.05) is 17.7 Å². The molecule has 1 fully saturated rings. The molecule has 3 aromatic heterocycles. The van der Waals surface area contributed by atoms with Gasteiger partial charge in [0.2, 0.25) is 5.95 Å². The van der Waals surface area contributed by atoms with Gasteiger partial charge >= 0.3 is 0 Å². The molecule has 192 valence electrons. The van der Waals surface area contributed by atoms with Crippen LogP contribution in [0.15, 0.2) is 66.0 Å². The van der Waals surface area contributed by atoms with Gasteiger partial charge in [0, 0.05) is 55.5 Å². The Morgan fingerprint density at radius 3 is 2.86 bits per heavy atom. The molecule has 0 bridgehead atoms. The maximum Gasteiger partial charge on any atom is 0.252 e. The number of aliphatic hydroxyl groups is 1. The predicted molar refractivity (Wildman–Crippen MR) is 137 cm³/mol. The second-order valence-electron chi connectivity index (χ2n) is 8.99. The summed E-state index contributed by atoms with van der Waals surface area (Å²) < 4.78 is 23.0. The van der Waals surface area contributed by atoms with Gasteiger partial charge in [-0.25, -0.2) is 14.4 Å². The fraction of sp³-hybridized carbons (Fsp3) is 0.308. The van der Waals surface area contributed by atoms with E-state index in [-0.39, 0.29) is 29.3 Å². The number of nitrogens with zero attached hydrogens (tertiary/aromatic N) is 5. The topological polar surface area (TPSA) is 107 Å². The number of hydrogen-bond acceptors (Lipinski definition) is 7. The quantitative estimate of drug-likeness (QED) is 0.381. The van der Waals surface area contributed by atoms with Crippen LogP contribution < -0.4 is 10.9 Å². The lowest BCUT2D eigenvalue weighted by molar-refractivity contribution is -0.0213. The number of halogens is 2. The minimum atomic E-state index is -0.599. The molecule has 11 heteroatoms. The van der Waals surface area contributed by atoms with Gasteiger partial charge in [0.05, 0.1) is 35.7 Å². The SMILES string of the molecule is Cn1cc(C(c2ccc(Cl)c(F)c2)n2ccc(-c3ccnc(NC4CCOC(CO)C4)n3)cc2=O)cn1. The average Bonchev–Trinajstić information content (AvgIpc) is 3.33. The zero-order chi connectivity index (χ0) is 25.9. The van der Waals surface area contributed by atoms with Crippen molar-refractivity contribution in [2.75, 3.05) is 18.5 Å². The van der Waals surface area contributed by atoms with E-state index in [1.165, 1.54) is 22.8 Å². The summed E-state index contributed by atoms with van der Waals surface area (Å²) in [7, 11) is 1.78. The first-order valence-electron chi connectivity index (χ1n) is 11.9. The van der Waals surface area contributed by atoms with Crippen molar-refractivity contribution in [2.24, 2.45) is 7.05 Å². The molecule has 0 amide bonds. The van der Waals surface area contributed by atoms with Crippen LogP contribution in [0.4, 0.5) is 10.3 Å². The lowest BCUT2D eigenvalue weighted by Crippen LogP contribution is -2.36. The van der Waals surface area contributed by atoms with Crippen molar-refractivity contribution < 1.29 is 14.2 Å². The van der Waals surface area contributed by atoms with E-state index in [1.54, 1.807) is 54.7 Å². The van der Waals surface area contributed by atoms with E-state index in [9.17, 15) is 14.3 Å². The van der Waals surface area contributed by atoms with Gasteiger partial charge in [-0.05, 0) is 42.7 Å². The van der Waals surface area contributed by atoms with Crippen LogP contribution in [0, 0.1) is 5.82 Å². The summed E-state index contributed by atoms with van der Waals surface area (Å²) in [6.45, 7) is 0.522. The minimum Gasteiger partial charge on any atom is -0.394 e. The van der Waals surface area contributed by atoms with Crippen molar-refractivity contribution in [3.05, 3.63) is 93.5 Å². The standard InChI is InChI=1S/C26H26ClFN6O3/c1-33-14-18(13-30-33)25(17-2-3-21(27)22(28)10-17)34-8-5-16(11-24(34)36)23-4-7-29-26(32-23)31-19-6-9-37-20(12-19)15-35/h2-5,7-8,10-11,13-14,19-20,25,35H,6,9,12,15H2,1H3,(H,29,31,32). The average molecular weight is 525 g/mol. The number of ether oxygens (including phenoxy) is 1. The van der Waals surface area contributed by atoms with Gasteiger partial charge in [0.1, 0.15) is 5.82 Å². The molecule has 1 aliphatic heterocycles. The molecule has 1 aromatic carbocycles. The van der Waals surface area contributed by atoms with Crippen LogP contribution in [-0.4, -0.2) is 54.8 Å². The summed E-state index contributed by atoms with van der Waals surface area (Å²) in [6, 6.07) is 9.01. The Balaban J connectivity index is 1.45. The molecule has 0 spiro atoms. The van der Waals surface area contributed by atoms with Crippen molar-refractivity contribution in [2.45, 2.75) is 31.0 Å². The molecule has 3 atom stereocenters. The maximum absolute atomic E-state index is 14.3. The van der Waals surface area contributed by atoms with Gasteiger partial charge in [0.25, 0.3) is 5.56 Å². The molecule has 0 aliphatic carbocycles. The molecule has 0 saturated carbocycles. The van der Waals surface area contributed by atoms with Crippen LogP contribution >= 0.6 is 11.6 Å². The van der Waals surface area contributed by atoms with E-state index in [1.807, 2.05) is 0 Å². The molecule has 9 nitrogen and oxygen atoms in total. The number of aromatic nitrogens is 5. The Kier molecular flexibility index (Phi) is 7.31. The number of pyridine rings is 1. The molecule has 1 aliphatic rings. The number of benzene rings is 1. The Labute approximate surface area is 217 Å². The van der Waals surface area contributed by atoms with Crippen LogP contribution in [0.1, 0.15) is 30.0 Å². The van der Waals surface area contributed by atoms with E-state index in [4.69, 9.17) is 16.3 Å². The number of anilines is 1. The summed E-state index contributed by atoms with van der Waals surface area (Å²) in [5.74, 6) is -0.122. The number of rotatable bonds is 7. The zero-order valence-corrected chi connectivity index (χ0v) is 20.8. The zero-order valence-electron chi connectivity index (χ0n) is 20.1. The minimum absolute atomic E-state index is 0.0113. The van der Waals surface area contributed by atoms with Crippen molar-refractivity contribution in [1.82, 2.24) is 24.3 Å². The monoisotopic (exact) mass is 524 g/mol. The Morgan fingerprint density at radius 2 is 2.14 bits per heavy atom. The third kappa shape index (κ3) is 5.56. The highest BCUT2D eigenvalue weighted by atomic mass is 35.5. The molecule has 5 rings (SSSR count). The van der Waals surface area contributed by atoms with Gasteiger partial charge in [-0.15, -0.1) is 0 Å². The van der Waals surface area contributed by atoms with Crippen LogP contribution in [0.25, 0.3) is 11.3 Å². The summed E-state index contributed by atoms with van der Waals surface area (Å²) in [4.78, 5) is 22.3. The molecular weight excluding hydrogens is 499 g/mol. The highest BCUT2D eigenvalue weighted by molar-refractivity contribution is 6.30. The van der Waals surface area contributed by atoms with E-state index in [0.717, 1.165) is 12.0 Å². The predicted octanol–water partition coefficient (Wildman–Crippen LogP) is 3.42. The first kappa shape index (κ1) is 25.1. The van der Waals surface area contributed by atoms with Gasteiger partial charge < -0.3 is 19.7 Å². The van der Waals surface area contributed by atoms with E-state index in [0.29, 0.717) is 35.8 Å². The highest BCUT2D eigenvalue weighted by Crippen LogP contribution is 2.29. The van der Waals surface area contributed by atoms with E-state index in [2.05, 4.69) is 20.4 Å². The van der Waals surface area contributed by atoms with Crippen LogP contribution in [0.5, 0.6) is 0 Å². The normalized spacial score (nSPS) is 18.5. The second-order valence-corrected chi connectivity index (χ2v) is 9.40. The van der Waals surface area contributed by atoms with Crippen LogP contribution in [0.3, 0.4) is 0 Å². The summed E-state index contributed by atoms with van der Waals surface area (Å²) >= 11 is 5.90. The number of hydrogen-bond donors (Lipinski definition) is 2. The van der Waals surface area contributed by atoms with E-state index < -0.39 is 11.9 Å². The first-order valence-corrected chi connectivity index (χ1v) is 12.3. The molecule has 1 saturated heterocycles. The van der Waals surface area contributed by atoms with Crippen molar-refractivity contribution in [3.63, 3.8) is 0 Å². The third-order valence-corrected chi connectivity index (χ3v) is 6.69. The fourth-order valence-corrected chi connectivity index (χ4v) is 4.67. The van der Waals surface area contributed by atoms with Crippen molar-refractivity contribution in [3.8, 4) is 11.3 Å². The molecule has 4 aromatic rings. The number of nitrogens with one attached hydrogen (secondary N) is 1. The Morgan fingerprint density at radius 1 is 1.27 bits per heavy atom. The summed E-state index contributed by atoms with van der Waals surface area (Å²) in [5, 5.41) is 16.9. The lowest BCUT2D eigenvalue weighted by Gasteiger charge is -2.29. The highest BCUT2D eigenvalue weighted by Gasteiger charge is 2.23. The molecule has 2 N–H and O–H groups in total. The van der Waals surface area contributed by atoms with Gasteiger partial charge in [0.15, 0.2) is 0 Å². The molecule has 37 heavy (non-hydrogen) atoms. The van der Waals surface area contributed by atoms with Crippen molar-refractivity contribution >= 4 is 17.5 Å². The summed E-state index contributed by atoms with van der Waals surface area (Å²) in [5.41, 5.74) is 2.22. The largest absolute Gasteiger partial charge is 0.394 e. The van der Waals surface area contributed by atoms with Crippen LogP contribution in [-0.2, 0) is 11.8 Å². The lowest BCUT2D eigenvalue weighted by atomic mass is 10.0. The van der Waals surface area contributed by atoms with Crippen LogP contribution in [0.2, 0.25) is 5.02 Å².